The number of hydrogen-bond acceptors (Lipinski definition) is 5. The van der Waals surface area contributed by atoms with E-state index in [0.29, 0.717) is 11.8 Å². The second-order valence-electron chi connectivity index (χ2n) is 6.76. The van der Waals surface area contributed by atoms with E-state index in [9.17, 15) is 4.79 Å². The van der Waals surface area contributed by atoms with Crippen molar-refractivity contribution < 1.29 is 13.9 Å². The van der Waals surface area contributed by atoms with Crippen LogP contribution >= 0.6 is 0 Å². The lowest BCUT2D eigenvalue weighted by atomic mass is 10.1. The SMILES string of the molecule is CC(=O)OCc1ccc(CN2CCN(c3ccc(C)cc3)C(C)C2)o1. The van der Waals surface area contributed by atoms with Crippen LogP contribution in [0.2, 0.25) is 0 Å². The molecule has 1 aromatic carbocycles. The number of carbonyl (C=O) groups excluding carboxylic acids is 1. The number of rotatable bonds is 5. The fraction of sp³-hybridized carbons (Fsp3) is 0.450. The summed E-state index contributed by atoms with van der Waals surface area (Å²) in [6, 6.07) is 13.0. The first-order valence-corrected chi connectivity index (χ1v) is 8.78. The summed E-state index contributed by atoms with van der Waals surface area (Å²) in [4.78, 5) is 15.7. The van der Waals surface area contributed by atoms with E-state index in [2.05, 4.69) is 47.9 Å². The van der Waals surface area contributed by atoms with Crippen LogP contribution in [-0.4, -0.2) is 36.5 Å². The topological polar surface area (TPSA) is 45.9 Å². The van der Waals surface area contributed by atoms with Crippen LogP contribution in [0, 0.1) is 6.92 Å². The van der Waals surface area contributed by atoms with Gasteiger partial charge in [-0.25, -0.2) is 0 Å². The molecule has 0 bridgehead atoms. The Balaban J connectivity index is 1.54. The van der Waals surface area contributed by atoms with Gasteiger partial charge in [-0.3, -0.25) is 9.69 Å². The lowest BCUT2D eigenvalue weighted by molar-refractivity contribution is -0.142. The molecule has 1 unspecified atom stereocenters. The number of hydrogen-bond donors (Lipinski definition) is 0. The summed E-state index contributed by atoms with van der Waals surface area (Å²) in [7, 11) is 0. The Bertz CT molecular complexity index is 708. The highest BCUT2D eigenvalue weighted by molar-refractivity contribution is 5.65. The normalized spacial score (nSPS) is 18.4. The first-order valence-electron chi connectivity index (χ1n) is 8.78. The summed E-state index contributed by atoms with van der Waals surface area (Å²) < 4.78 is 10.7. The number of aryl methyl sites for hydroxylation is 1. The van der Waals surface area contributed by atoms with Gasteiger partial charge < -0.3 is 14.1 Å². The van der Waals surface area contributed by atoms with E-state index in [1.807, 2.05) is 12.1 Å². The number of anilines is 1. The molecule has 0 aliphatic carbocycles. The molecule has 3 rings (SSSR count). The zero-order valence-electron chi connectivity index (χ0n) is 15.2. The van der Waals surface area contributed by atoms with Crippen molar-refractivity contribution in [3.05, 3.63) is 53.5 Å². The molecular weight excluding hydrogens is 316 g/mol. The molecule has 5 heteroatoms. The number of piperazine rings is 1. The van der Waals surface area contributed by atoms with E-state index in [0.717, 1.165) is 31.9 Å². The highest BCUT2D eigenvalue weighted by Gasteiger charge is 2.24. The second kappa shape index (κ2) is 7.74. The van der Waals surface area contributed by atoms with Crippen LogP contribution in [0.1, 0.15) is 30.9 Å². The van der Waals surface area contributed by atoms with E-state index in [-0.39, 0.29) is 12.6 Å². The van der Waals surface area contributed by atoms with E-state index < -0.39 is 0 Å². The summed E-state index contributed by atoms with van der Waals surface area (Å²) in [5.74, 6) is 1.31. The van der Waals surface area contributed by atoms with Crippen LogP contribution in [0.4, 0.5) is 5.69 Å². The lowest BCUT2D eigenvalue weighted by Gasteiger charge is -2.41. The van der Waals surface area contributed by atoms with Crippen molar-refractivity contribution in [1.82, 2.24) is 4.90 Å². The van der Waals surface area contributed by atoms with Gasteiger partial charge in [0.15, 0.2) is 0 Å². The van der Waals surface area contributed by atoms with Crippen LogP contribution in [0.15, 0.2) is 40.8 Å². The Morgan fingerprint density at radius 1 is 1.16 bits per heavy atom. The molecular formula is C20H26N2O3. The van der Waals surface area contributed by atoms with Gasteiger partial charge in [0.1, 0.15) is 18.1 Å². The molecule has 5 nitrogen and oxygen atoms in total. The third-order valence-corrected chi connectivity index (χ3v) is 4.59. The molecule has 1 saturated heterocycles. The fourth-order valence-corrected chi connectivity index (χ4v) is 3.27. The zero-order chi connectivity index (χ0) is 17.8. The average Bonchev–Trinajstić information content (AvgIpc) is 3.02. The monoisotopic (exact) mass is 342 g/mol. The number of benzene rings is 1. The lowest BCUT2D eigenvalue weighted by Crippen LogP contribution is -2.51. The van der Waals surface area contributed by atoms with Gasteiger partial charge in [-0.1, -0.05) is 17.7 Å². The maximum absolute atomic E-state index is 10.9. The first kappa shape index (κ1) is 17.5. The summed E-state index contributed by atoms with van der Waals surface area (Å²) >= 11 is 0. The molecule has 0 saturated carbocycles. The molecule has 1 atom stereocenters. The average molecular weight is 342 g/mol. The number of ether oxygens (including phenoxy) is 1. The number of esters is 1. The third-order valence-electron chi connectivity index (χ3n) is 4.59. The van der Waals surface area contributed by atoms with Crippen molar-refractivity contribution >= 4 is 11.7 Å². The van der Waals surface area contributed by atoms with Crippen molar-refractivity contribution in [2.45, 2.75) is 40.0 Å². The van der Waals surface area contributed by atoms with E-state index >= 15 is 0 Å². The van der Waals surface area contributed by atoms with Gasteiger partial charge in [0.25, 0.3) is 0 Å². The summed E-state index contributed by atoms with van der Waals surface area (Å²) in [5, 5.41) is 0. The molecule has 0 spiro atoms. The molecule has 25 heavy (non-hydrogen) atoms. The van der Waals surface area contributed by atoms with E-state index in [1.165, 1.54) is 18.2 Å². The van der Waals surface area contributed by atoms with Gasteiger partial charge in [0.05, 0.1) is 6.54 Å². The van der Waals surface area contributed by atoms with Crippen molar-refractivity contribution in [3.63, 3.8) is 0 Å². The largest absolute Gasteiger partial charge is 0.461 e. The molecule has 1 fully saturated rings. The summed E-state index contributed by atoms with van der Waals surface area (Å²) in [6.07, 6.45) is 0. The maximum Gasteiger partial charge on any atom is 0.303 e. The van der Waals surface area contributed by atoms with E-state index in [4.69, 9.17) is 9.15 Å². The van der Waals surface area contributed by atoms with Crippen molar-refractivity contribution in [3.8, 4) is 0 Å². The Labute approximate surface area is 149 Å². The maximum atomic E-state index is 10.9. The highest BCUT2D eigenvalue weighted by Crippen LogP contribution is 2.22. The molecule has 134 valence electrons. The second-order valence-corrected chi connectivity index (χ2v) is 6.76. The summed E-state index contributed by atoms with van der Waals surface area (Å²) in [5.41, 5.74) is 2.58. The molecule has 1 aromatic heterocycles. The number of furan rings is 1. The third kappa shape index (κ3) is 4.63. The Kier molecular flexibility index (Phi) is 5.43. The molecule has 2 aromatic rings. The predicted octanol–water partition coefficient (Wildman–Crippen LogP) is 3.36. The van der Waals surface area contributed by atoms with Crippen molar-refractivity contribution in [2.75, 3.05) is 24.5 Å². The van der Waals surface area contributed by atoms with Gasteiger partial charge in [-0.15, -0.1) is 0 Å². The van der Waals surface area contributed by atoms with Crippen LogP contribution in [-0.2, 0) is 22.7 Å². The van der Waals surface area contributed by atoms with Crippen LogP contribution in [0.5, 0.6) is 0 Å². The Morgan fingerprint density at radius 3 is 2.56 bits per heavy atom. The minimum Gasteiger partial charge on any atom is -0.461 e. The number of nitrogens with zero attached hydrogens (tertiary/aromatic N) is 2. The van der Waals surface area contributed by atoms with Gasteiger partial charge in [-0.05, 0) is 38.1 Å². The summed E-state index contributed by atoms with van der Waals surface area (Å²) in [6.45, 7) is 9.76. The smallest absolute Gasteiger partial charge is 0.303 e. The minimum absolute atomic E-state index is 0.201. The molecule has 1 aliphatic rings. The molecule has 1 aliphatic heterocycles. The fourth-order valence-electron chi connectivity index (χ4n) is 3.27. The minimum atomic E-state index is -0.293. The first-order chi connectivity index (χ1) is 12.0. The molecule has 2 heterocycles. The van der Waals surface area contributed by atoms with Crippen LogP contribution in [0.25, 0.3) is 0 Å². The number of carbonyl (C=O) groups is 1. The van der Waals surface area contributed by atoms with Gasteiger partial charge >= 0.3 is 5.97 Å². The van der Waals surface area contributed by atoms with Crippen LogP contribution in [0.3, 0.4) is 0 Å². The molecule has 0 radical (unpaired) electrons. The zero-order valence-corrected chi connectivity index (χ0v) is 15.2. The highest BCUT2D eigenvalue weighted by atomic mass is 16.5. The molecule has 0 amide bonds. The van der Waals surface area contributed by atoms with Crippen molar-refractivity contribution in [1.29, 1.82) is 0 Å². The quantitative estimate of drug-likeness (QED) is 0.780. The van der Waals surface area contributed by atoms with Gasteiger partial charge in [0, 0.05) is 38.3 Å². The standard InChI is InChI=1S/C20H26N2O3/c1-15-4-6-18(7-5-15)22-11-10-21(12-16(22)2)13-19-8-9-20(25-19)14-24-17(3)23/h4-9,16H,10-14H2,1-3H3. The van der Waals surface area contributed by atoms with Gasteiger partial charge in [-0.2, -0.15) is 0 Å². The van der Waals surface area contributed by atoms with Crippen molar-refractivity contribution in [2.24, 2.45) is 0 Å². The van der Waals surface area contributed by atoms with E-state index in [1.54, 1.807) is 0 Å². The van der Waals surface area contributed by atoms with Gasteiger partial charge in [0.2, 0.25) is 0 Å². The Hall–Kier alpha value is -2.27. The molecule has 0 N–H and O–H groups in total. The Morgan fingerprint density at radius 2 is 1.88 bits per heavy atom. The van der Waals surface area contributed by atoms with Crippen LogP contribution < -0.4 is 4.90 Å². The predicted molar refractivity (Wildman–Crippen MR) is 97.4 cm³/mol.